The van der Waals surface area contributed by atoms with Crippen molar-refractivity contribution in [1.29, 1.82) is 0 Å². The minimum Gasteiger partial charge on any atom is -0.396 e. The lowest BCUT2D eigenvalue weighted by molar-refractivity contribution is -0.120. The maximum Gasteiger partial charge on any atom is 0.238 e. The molecule has 1 aromatic rings. The van der Waals surface area contributed by atoms with Crippen LogP contribution in [-0.4, -0.2) is 61.6 Å². The number of aliphatic hydroxyl groups is 1. The summed E-state index contributed by atoms with van der Waals surface area (Å²) in [6.07, 6.45) is 6.75. The Labute approximate surface area is 180 Å². The third-order valence-corrected chi connectivity index (χ3v) is 7.78. The normalized spacial score (nSPS) is 16.8. The minimum absolute atomic E-state index is 0.190. The van der Waals surface area contributed by atoms with Crippen molar-refractivity contribution in [3.63, 3.8) is 0 Å². The number of nitrogens with two attached hydrogens (primary N) is 1. The fourth-order valence-electron chi connectivity index (χ4n) is 3.30. The molecule has 1 aliphatic heterocycles. The van der Waals surface area contributed by atoms with Gasteiger partial charge in [0.2, 0.25) is 5.91 Å². The van der Waals surface area contributed by atoms with E-state index in [2.05, 4.69) is 34.9 Å². The second kappa shape index (κ2) is 10.8. The summed E-state index contributed by atoms with van der Waals surface area (Å²) in [5.41, 5.74) is 8.77. The highest BCUT2D eigenvalue weighted by Gasteiger charge is 2.41. The number of primary amides is 1. The van der Waals surface area contributed by atoms with E-state index in [4.69, 9.17) is 10.8 Å². The van der Waals surface area contributed by atoms with Gasteiger partial charge in [-0.25, -0.2) is 8.42 Å². The van der Waals surface area contributed by atoms with Gasteiger partial charge < -0.3 is 10.8 Å². The van der Waals surface area contributed by atoms with Crippen LogP contribution in [0.3, 0.4) is 0 Å². The molecule has 0 aliphatic carbocycles. The van der Waals surface area contributed by atoms with Crippen molar-refractivity contribution in [2.45, 2.75) is 43.8 Å². The zero-order valence-electron chi connectivity index (χ0n) is 17.9. The zero-order valence-corrected chi connectivity index (χ0v) is 18.7. The van der Waals surface area contributed by atoms with Crippen LogP contribution < -0.4 is 5.73 Å². The van der Waals surface area contributed by atoms with Crippen LogP contribution in [0.5, 0.6) is 0 Å². The first kappa shape index (κ1) is 24.1. The molecule has 1 amide bonds. The van der Waals surface area contributed by atoms with E-state index >= 15 is 0 Å². The maximum absolute atomic E-state index is 12.0. The van der Waals surface area contributed by atoms with Gasteiger partial charge in [0.15, 0.2) is 9.84 Å². The number of benzene rings is 1. The SMILES string of the molecule is CC(CCN1CC=C(c2ccc(C#CCCCCO)cc2)CC1)(C(N)=O)S(C)(=O)=O. The number of sulfone groups is 1. The Morgan fingerprint density at radius 3 is 2.50 bits per heavy atom. The van der Waals surface area contributed by atoms with Gasteiger partial charge in [0.25, 0.3) is 0 Å². The Kier molecular flexibility index (Phi) is 8.65. The van der Waals surface area contributed by atoms with Gasteiger partial charge >= 0.3 is 0 Å². The molecule has 0 radical (unpaired) electrons. The molecule has 1 aromatic carbocycles. The van der Waals surface area contributed by atoms with Crippen molar-refractivity contribution in [3.8, 4) is 11.8 Å². The third kappa shape index (κ3) is 6.43. The smallest absolute Gasteiger partial charge is 0.238 e. The summed E-state index contributed by atoms with van der Waals surface area (Å²) >= 11 is 0. The van der Waals surface area contributed by atoms with E-state index in [0.29, 0.717) is 13.1 Å². The molecular weight excluding hydrogens is 400 g/mol. The van der Waals surface area contributed by atoms with Gasteiger partial charge in [0.1, 0.15) is 4.75 Å². The molecular formula is C23H32N2O4S. The van der Waals surface area contributed by atoms with Gasteiger partial charge in [-0.1, -0.05) is 30.0 Å². The molecule has 0 saturated carbocycles. The Morgan fingerprint density at radius 2 is 1.97 bits per heavy atom. The predicted octanol–water partition coefficient (Wildman–Crippen LogP) is 1.97. The van der Waals surface area contributed by atoms with Crippen molar-refractivity contribution < 1.29 is 18.3 Å². The minimum atomic E-state index is -3.57. The van der Waals surface area contributed by atoms with Gasteiger partial charge in [0, 0.05) is 44.5 Å². The van der Waals surface area contributed by atoms with Crippen LogP contribution in [0.2, 0.25) is 0 Å². The first-order valence-electron chi connectivity index (χ1n) is 10.3. The van der Waals surface area contributed by atoms with Crippen LogP contribution in [0, 0.1) is 11.8 Å². The van der Waals surface area contributed by atoms with Crippen LogP contribution in [0.15, 0.2) is 30.3 Å². The molecule has 0 aromatic heterocycles. The van der Waals surface area contributed by atoms with Crippen LogP contribution in [0.4, 0.5) is 0 Å². The van der Waals surface area contributed by atoms with E-state index in [1.165, 1.54) is 18.1 Å². The average Bonchev–Trinajstić information content (AvgIpc) is 2.72. The lowest BCUT2D eigenvalue weighted by atomic mass is 9.98. The van der Waals surface area contributed by atoms with Crippen LogP contribution in [-0.2, 0) is 14.6 Å². The number of rotatable bonds is 9. The zero-order chi connectivity index (χ0) is 22.2. The molecule has 6 nitrogen and oxygen atoms in total. The Balaban J connectivity index is 1.92. The van der Waals surface area contributed by atoms with E-state index in [1.54, 1.807) is 0 Å². The number of amides is 1. The molecule has 30 heavy (non-hydrogen) atoms. The van der Waals surface area contributed by atoms with Crippen LogP contribution in [0.25, 0.3) is 5.57 Å². The summed E-state index contributed by atoms with van der Waals surface area (Å²) < 4.78 is 22.5. The number of hydrogen-bond acceptors (Lipinski definition) is 5. The Morgan fingerprint density at radius 1 is 1.27 bits per heavy atom. The number of carbonyl (C=O) groups is 1. The fourth-order valence-corrected chi connectivity index (χ4v) is 4.12. The van der Waals surface area contributed by atoms with Crippen molar-refractivity contribution in [1.82, 2.24) is 4.90 Å². The molecule has 0 fully saturated rings. The number of hydrogen-bond donors (Lipinski definition) is 2. The first-order chi connectivity index (χ1) is 14.2. The molecule has 0 saturated heterocycles. The number of aliphatic hydroxyl groups excluding tert-OH is 1. The topological polar surface area (TPSA) is 101 Å². The molecule has 0 bridgehead atoms. The third-order valence-electron chi connectivity index (χ3n) is 5.74. The maximum atomic E-state index is 12.0. The highest BCUT2D eigenvalue weighted by molar-refractivity contribution is 7.92. The number of nitrogens with zero attached hydrogens (tertiary/aromatic N) is 1. The molecule has 3 N–H and O–H groups in total. The molecule has 1 unspecified atom stereocenters. The largest absolute Gasteiger partial charge is 0.396 e. The second-order valence-corrected chi connectivity index (χ2v) is 10.4. The molecule has 1 heterocycles. The standard InChI is InChI=1S/C23H32N2O4S/c1-23(22(24)27,30(2,28)29)14-17-25-15-12-21(13-16-25)20-10-8-19(9-11-20)7-5-3-4-6-18-26/h8-12,26H,3-4,6,13-18H2,1-2H3,(H2,24,27). The summed E-state index contributed by atoms with van der Waals surface area (Å²) in [6, 6.07) is 8.19. The lowest BCUT2D eigenvalue weighted by Gasteiger charge is -2.30. The van der Waals surface area contributed by atoms with Crippen LogP contribution >= 0.6 is 0 Å². The fraction of sp³-hybridized carbons (Fsp3) is 0.522. The highest BCUT2D eigenvalue weighted by Crippen LogP contribution is 2.25. The Bertz CT molecular complexity index is 926. The summed E-state index contributed by atoms with van der Waals surface area (Å²) in [4.78, 5) is 13.9. The summed E-state index contributed by atoms with van der Waals surface area (Å²) in [5.74, 6) is 5.48. The van der Waals surface area contributed by atoms with Gasteiger partial charge in [0.05, 0.1) is 0 Å². The molecule has 164 valence electrons. The van der Waals surface area contributed by atoms with Gasteiger partial charge in [-0.2, -0.15) is 0 Å². The quantitative estimate of drug-likeness (QED) is 0.459. The number of unbranched alkanes of at least 4 members (excludes halogenated alkanes) is 2. The van der Waals surface area contributed by atoms with Crippen molar-refractivity contribution >= 4 is 21.3 Å². The number of carbonyl (C=O) groups excluding carboxylic acids is 1. The highest BCUT2D eigenvalue weighted by atomic mass is 32.2. The summed E-state index contributed by atoms with van der Waals surface area (Å²) in [7, 11) is -3.57. The van der Waals surface area contributed by atoms with Crippen molar-refractivity contribution in [2.75, 3.05) is 32.5 Å². The van der Waals surface area contributed by atoms with Crippen molar-refractivity contribution in [3.05, 3.63) is 41.5 Å². The first-order valence-corrected chi connectivity index (χ1v) is 12.2. The molecule has 7 heteroatoms. The molecule has 1 atom stereocenters. The van der Waals surface area contributed by atoms with Gasteiger partial charge in [-0.15, -0.1) is 0 Å². The average molecular weight is 433 g/mol. The Hall–Kier alpha value is -2.14. The summed E-state index contributed by atoms with van der Waals surface area (Å²) in [5, 5.41) is 8.77. The van der Waals surface area contributed by atoms with Crippen molar-refractivity contribution in [2.24, 2.45) is 5.73 Å². The second-order valence-electron chi connectivity index (χ2n) is 7.96. The van der Waals surface area contributed by atoms with Gasteiger partial charge in [-0.05, 0) is 55.9 Å². The van der Waals surface area contributed by atoms with Gasteiger partial charge in [-0.3, -0.25) is 9.69 Å². The molecule has 2 rings (SSSR count). The lowest BCUT2D eigenvalue weighted by Crippen LogP contribution is -2.49. The van der Waals surface area contributed by atoms with E-state index in [0.717, 1.165) is 44.0 Å². The van der Waals surface area contributed by atoms with E-state index in [1.807, 2.05) is 12.1 Å². The van der Waals surface area contributed by atoms with E-state index in [-0.39, 0.29) is 13.0 Å². The van der Waals surface area contributed by atoms with Crippen LogP contribution in [0.1, 0.15) is 50.2 Å². The monoisotopic (exact) mass is 432 g/mol. The van der Waals surface area contributed by atoms with E-state index < -0.39 is 20.5 Å². The van der Waals surface area contributed by atoms with E-state index in [9.17, 15) is 13.2 Å². The molecule has 0 spiro atoms. The molecule has 1 aliphatic rings. The predicted molar refractivity (Wildman–Crippen MR) is 120 cm³/mol. The summed E-state index contributed by atoms with van der Waals surface area (Å²) in [6.45, 7) is 3.64.